The van der Waals surface area contributed by atoms with Gasteiger partial charge in [0.05, 0.1) is 12.3 Å². The third-order valence-corrected chi connectivity index (χ3v) is 3.12. The molecule has 19 heavy (non-hydrogen) atoms. The van der Waals surface area contributed by atoms with E-state index in [4.69, 9.17) is 0 Å². The molecule has 0 aliphatic carbocycles. The van der Waals surface area contributed by atoms with Gasteiger partial charge in [-0.2, -0.15) is 13.2 Å². The number of carbonyl (C=O) groups excluding carboxylic acids is 1. The fourth-order valence-corrected chi connectivity index (χ4v) is 2.09. The monoisotopic (exact) mass is 338 g/mol. The average Bonchev–Trinajstić information content (AvgIpc) is 2.33. The smallest absolute Gasteiger partial charge is 0.414 e. The Labute approximate surface area is 115 Å². The topological polar surface area (TPSA) is 42.4 Å². The lowest BCUT2D eigenvalue weighted by atomic mass is 10.1. The number of halogens is 4. The van der Waals surface area contributed by atoms with E-state index in [1.807, 2.05) is 0 Å². The predicted molar refractivity (Wildman–Crippen MR) is 63.4 cm³/mol. The molecule has 0 radical (unpaired) electrons. The van der Waals surface area contributed by atoms with E-state index in [0.29, 0.717) is 15.8 Å². The molecule has 1 saturated heterocycles. The van der Waals surface area contributed by atoms with Crippen molar-refractivity contribution in [2.45, 2.75) is 18.6 Å². The molecule has 1 amide bonds. The normalized spacial score (nSPS) is 18.1. The Morgan fingerprint density at radius 2 is 2.16 bits per heavy atom. The van der Waals surface area contributed by atoms with Crippen molar-refractivity contribution in [3.05, 3.63) is 28.5 Å². The van der Waals surface area contributed by atoms with Gasteiger partial charge in [0.25, 0.3) is 0 Å². The van der Waals surface area contributed by atoms with E-state index in [-0.39, 0.29) is 18.8 Å². The van der Waals surface area contributed by atoms with Crippen molar-refractivity contribution >= 4 is 22.0 Å². The van der Waals surface area contributed by atoms with E-state index in [2.05, 4.69) is 25.7 Å². The molecule has 0 bridgehead atoms. The maximum atomic E-state index is 13.2. The van der Waals surface area contributed by atoms with Crippen LogP contribution in [0, 0.1) is 0 Å². The van der Waals surface area contributed by atoms with Gasteiger partial charge in [0.1, 0.15) is 0 Å². The quantitative estimate of drug-likeness (QED) is 0.830. The van der Waals surface area contributed by atoms with Crippen molar-refractivity contribution in [1.82, 2.24) is 9.88 Å². The Kier molecular flexibility index (Phi) is 3.98. The van der Waals surface area contributed by atoms with Crippen LogP contribution in [-0.4, -0.2) is 35.3 Å². The molecule has 4 nitrogen and oxygen atoms in total. The van der Waals surface area contributed by atoms with E-state index >= 15 is 0 Å². The van der Waals surface area contributed by atoms with Crippen molar-refractivity contribution in [3.8, 4) is 0 Å². The minimum absolute atomic E-state index is 0.000748. The number of aromatic nitrogens is 1. The first-order valence-corrected chi connectivity index (χ1v) is 6.30. The van der Waals surface area contributed by atoms with Gasteiger partial charge in [-0.15, -0.1) is 0 Å². The number of ether oxygens (including phenoxy) is 1. The summed E-state index contributed by atoms with van der Waals surface area (Å²) in [5.74, 6) is 0. The summed E-state index contributed by atoms with van der Waals surface area (Å²) in [4.78, 5) is 15.9. The molecule has 2 rings (SSSR count). The Balaban J connectivity index is 2.35. The highest BCUT2D eigenvalue weighted by atomic mass is 79.9. The van der Waals surface area contributed by atoms with Crippen molar-refractivity contribution < 1.29 is 22.7 Å². The van der Waals surface area contributed by atoms with Crippen molar-refractivity contribution in [1.29, 1.82) is 0 Å². The van der Waals surface area contributed by atoms with Crippen molar-refractivity contribution in [2.24, 2.45) is 0 Å². The molecule has 1 fully saturated rings. The Morgan fingerprint density at radius 1 is 1.42 bits per heavy atom. The summed E-state index contributed by atoms with van der Waals surface area (Å²) in [5.41, 5.74) is -0.227. The lowest BCUT2D eigenvalue weighted by molar-refractivity contribution is -0.185. The molecule has 1 aliphatic heterocycles. The fourth-order valence-electron chi connectivity index (χ4n) is 1.86. The highest BCUT2D eigenvalue weighted by Crippen LogP contribution is 2.38. The van der Waals surface area contributed by atoms with Crippen LogP contribution in [0.2, 0.25) is 0 Å². The molecule has 1 unspecified atom stereocenters. The number of pyridine rings is 1. The van der Waals surface area contributed by atoms with Gasteiger partial charge in [-0.1, -0.05) is 0 Å². The van der Waals surface area contributed by atoms with Crippen LogP contribution in [-0.2, 0) is 4.74 Å². The first kappa shape index (κ1) is 14.1. The maximum absolute atomic E-state index is 13.2. The molecule has 1 aromatic heterocycles. The lowest BCUT2D eigenvalue weighted by Gasteiger charge is -2.34. The minimum atomic E-state index is -4.60. The first-order valence-electron chi connectivity index (χ1n) is 5.51. The fraction of sp³-hybridized carbons (Fsp3) is 0.455. The summed E-state index contributed by atoms with van der Waals surface area (Å²) < 4.78 is 44.7. The minimum Gasteiger partial charge on any atom is -0.449 e. The van der Waals surface area contributed by atoms with Crippen LogP contribution in [0.25, 0.3) is 0 Å². The van der Waals surface area contributed by atoms with Gasteiger partial charge < -0.3 is 4.74 Å². The molecular weight excluding hydrogens is 329 g/mol. The zero-order valence-corrected chi connectivity index (χ0v) is 11.2. The summed E-state index contributed by atoms with van der Waals surface area (Å²) in [6, 6.07) is 0.619. The zero-order chi connectivity index (χ0) is 14.0. The summed E-state index contributed by atoms with van der Waals surface area (Å²) >= 11 is 3.10. The molecule has 104 valence electrons. The average molecular weight is 339 g/mol. The number of nitrogens with zero attached hydrogens (tertiary/aromatic N) is 2. The maximum Gasteiger partial charge on any atom is 0.414 e. The van der Waals surface area contributed by atoms with Gasteiger partial charge in [0.2, 0.25) is 0 Å². The second kappa shape index (κ2) is 5.36. The summed E-state index contributed by atoms with van der Waals surface area (Å²) in [5, 5.41) is 0. The Morgan fingerprint density at radius 3 is 2.68 bits per heavy atom. The molecule has 0 saturated carbocycles. The van der Waals surface area contributed by atoms with Crippen molar-refractivity contribution in [2.75, 3.05) is 13.2 Å². The van der Waals surface area contributed by atoms with E-state index in [9.17, 15) is 18.0 Å². The van der Waals surface area contributed by atoms with Gasteiger partial charge in [-0.05, 0) is 34.5 Å². The molecule has 8 heteroatoms. The van der Waals surface area contributed by atoms with Crippen molar-refractivity contribution in [3.63, 3.8) is 0 Å². The molecule has 0 N–H and O–H groups in total. The van der Waals surface area contributed by atoms with Crippen LogP contribution in [0.4, 0.5) is 18.0 Å². The SMILES string of the molecule is O=C1OCCCN1C(c1ccc(Br)cn1)C(F)(F)F. The van der Waals surface area contributed by atoms with E-state index in [1.165, 1.54) is 18.3 Å². The molecule has 1 atom stereocenters. The van der Waals surface area contributed by atoms with Gasteiger partial charge in [-0.25, -0.2) is 4.79 Å². The van der Waals surface area contributed by atoms with Gasteiger partial charge in [0.15, 0.2) is 6.04 Å². The number of amides is 1. The van der Waals surface area contributed by atoms with Gasteiger partial charge in [0, 0.05) is 17.2 Å². The second-order valence-electron chi connectivity index (χ2n) is 4.01. The van der Waals surface area contributed by atoms with Crippen LogP contribution in [0.5, 0.6) is 0 Å². The van der Waals surface area contributed by atoms with E-state index < -0.39 is 18.3 Å². The van der Waals surface area contributed by atoms with Crippen LogP contribution in [0.1, 0.15) is 18.2 Å². The molecule has 2 heterocycles. The number of cyclic esters (lactones) is 1. The second-order valence-corrected chi connectivity index (χ2v) is 4.92. The number of rotatable bonds is 2. The third kappa shape index (κ3) is 3.17. The number of carbonyl (C=O) groups is 1. The highest BCUT2D eigenvalue weighted by Gasteiger charge is 2.48. The molecule has 0 aromatic carbocycles. The van der Waals surface area contributed by atoms with Crippen LogP contribution >= 0.6 is 15.9 Å². The van der Waals surface area contributed by atoms with E-state index in [0.717, 1.165) is 0 Å². The predicted octanol–water partition coefficient (Wildman–Crippen LogP) is 3.29. The molecule has 1 aromatic rings. The van der Waals surface area contributed by atoms with E-state index in [1.54, 1.807) is 0 Å². The highest BCUT2D eigenvalue weighted by molar-refractivity contribution is 9.10. The van der Waals surface area contributed by atoms with Gasteiger partial charge >= 0.3 is 12.3 Å². The standard InChI is InChI=1S/C11H10BrF3N2O2/c12-7-2-3-8(16-6-7)9(11(13,14)15)17-4-1-5-19-10(17)18/h2-3,6,9H,1,4-5H2. The largest absolute Gasteiger partial charge is 0.449 e. The van der Waals surface area contributed by atoms with Crippen LogP contribution < -0.4 is 0 Å². The number of hydrogen-bond acceptors (Lipinski definition) is 3. The molecule has 0 spiro atoms. The first-order chi connectivity index (χ1) is 8.89. The summed E-state index contributed by atoms with van der Waals surface area (Å²) in [7, 11) is 0. The molecule has 1 aliphatic rings. The number of hydrogen-bond donors (Lipinski definition) is 0. The molecular formula is C11H10BrF3N2O2. The van der Waals surface area contributed by atoms with Gasteiger partial charge in [-0.3, -0.25) is 9.88 Å². The Bertz CT molecular complexity index is 464. The lowest BCUT2D eigenvalue weighted by Crippen LogP contribution is -2.46. The zero-order valence-electron chi connectivity index (χ0n) is 9.65. The number of alkyl halides is 3. The summed E-state index contributed by atoms with van der Waals surface area (Å²) in [6.07, 6.45) is -3.92. The third-order valence-electron chi connectivity index (χ3n) is 2.66. The van der Waals surface area contributed by atoms with Crippen LogP contribution in [0.3, 0.4) is 0 Å². The van der Waals surface area contributed by atoms with Crippen LogP contribution in [0.15, 0.2) is 22.8 Å². The Hall–Kier alpha value is -1.31. The summed E-state index contributed by atoms with van der Waals surface area (Å²) in [6.45, 7) is 0.147.